The summed E-state index contributed by atoms with van der Waals surface area (Å²) in [5, 5.41) is 0.0444. The Labute approximate surface area is 62.8 Å². The SMILES string of the molecule is C#CC(=O)c1ccoc1Cl. The van der Waals surface area contributed by atoms with Gasteiger partial charge in [0.05, 0.1) is 11.8 Å². The fourth-order valence-electron chi connectivity index (χ4n) is 0.533. The highest BCUT2D eigenvalue weighted by Crippen LogP contribution is 2.16. The summed E-state index contributed by atoms with van der Waals surface area (Å²) >= 11 is 5.43. The van der Waals surface area contributed by atoms with Crippen LogP contribution >= 0.6 is 11.6 Å². The molecule has 1 aromatic rings. The van der Waals surface area contributed by atoms with Crippen molar-refractivity contribution in [2.24, 2.45) is 0 Å². The maximum Gasteiger partial charge on any atom is 0.240 e. The lowest BCUT2D eigenvalue weighted by Gasteiger charge is -1.83. The fourth-order valence-corrected chi connectivity index (χ4v) is 0.734. The number of ketones is 1. The Kier molecular flexibility index (Phi) is 1.79. The van der Waals surface area contributed by atoms with E-state index in [1.54, 1.807) is 0 Å². The summed E-state index contributed by atoms with van der Waals surface area (Å²) in [5.41, 5.74) is 0.240. The standard InChI is InChI=1S/C7H3ClO2/c1-2-6(9)5-3-4-10-7(5)8/h1,3-4H. The quantitative estimate of drug-likeness (QED) is 0.351. The second-order valence-electron chi connectivity index (χ2n) is 1.58. The summed E-state index contributed by atoms with van der Waals surface area (Å²) < 4.78 is 4.64. The predicted molar refractivity (Wildman–Crippen MR) is 36.9 cm³/mol. The molecule has 0 atom stereocenters. The van der Waals surface area contributed by atoms with E-state index in [0.717, 1.165) is 0 Å². The highest BCUT2D eigenvalue weighted by Gasteiger charge is 2.08. The molecule has 0 bridgehead atoms. The zero-order valence-corrected chi connectivity index (χ0v) is 5.68. The Morgan fingerprint density at radius 3 is 2.90 bits per heavy atom. The summed E-state index contributed by atoms with van der Waals surface area (Å²) in [6.45, 7) is 0. The van der Waals surface area contributed by atoms with E-state index >= 15 is 0 Å². The number of terminal acetylenes is 1. The molecule has 0 radical (unpaired) electrons. The molecule has 0 aromatic carbocycles. The van der Waals surface area contributed by atoms with Crippen LogP contribution in [-0.4, -0.2) is 5.78 Å². The molecule has 50 valence electrons. The number of Topliss-reactive ketones (excluding diaryl/α,β-unsaturated/α-hetero) is 1. The van der Waals surface area contributed by atoms with Crippen molar-refractivity contribution >= 4 is 17.4 Å². The molecule has 0 aliphatic carbocycles. The minimum absolute atomic E-state index is 0.0444. The van der Waals surface area contributed by atoms with Crippen LogP contribution in [-0.2, 0) is 0 Å². The molecule has 2 nitrogen and oxygen atoms in total. The van der Waals surface area contributed by atoms with Crippen LogP contribution in [0.1, 0.15) is 10.4 Å². The van der Waals surface area contributed by atoms with Crippen molar-refractivity contribution in [3.8, 4) is 12.3 Å². The van der Waals surface area contributed by atoms with Gasteiger partial charge >= 0.3 is 0 Å². The van der Waals surface area contributed by atoms with Gasteiger partial charge in [-0.2, -0.15) is 0 Å². The van der Waals surface area contributed by atoms with E-state index in [2.05, 4.69) is 4.42 Å². The number of halogens is 1. The summed E-state index contributed by atoms with van der Waals surface area (Å²) in [6, 6.07) is 1.44. The van der Waals surface area contributed by atoms with Crippen LogP contribution in [0.5, 0.6) is 0 Å². The smallest absolute Gasteiger partial charge is 0.240 e. The highest BCUT2D eigenvalue weighted by atomic mass is 35.5. The molecule has 0 aliphatic heterocycles. The van der Waals surface area contributed by atoms with Gasteiger partial charge in [-0.3, -0.25) is 4.79 Å². The van der Waals surface area contributed by atoms with Gasteiger partial charge in [0.2, 0.25) is 11.0 Å². The number of hydrogen-bond donors (Lipinski definition) is 0. The van der Waals surface area contributed by atoms with Crippen LogP contribution in [0.15, 0.2) is 16.7 Å². The minimum atomic E-state index is -0.459. The van der Waals surface area contributed by atoms with E-state index in [1.165, 1.54) is 12.3 Å². The molecule has 1 heterocycles. The van der Waals surface area contributed by atoms with Crippen molar-refractivity contribution in [1.29, 1.82) is 0 Å². The molecule has 1 aromatic heterocycles. The average molecular weight is 155 g/mol. The van der Waals surface area contributed by atoms with Crippen LogP contribution in [0.25, 0.3) is 0 Å². The number of hydrogen-bond acceptors (Lipinski definition) is 2. The van der Waals surface area contributed by atoms with Crippen molar-refractivity contribution in [1.82, 2.24) is 0 Å². The second-order valence-corrected chi connectivity index (χ2v) is 1.92. The normalized spacial score (nSPS) is 8.80. The Bertz CT molecular complexity index is 293. The topological polar surface area (TPSA) is 30.2 Å². The third-order valence-corrected chi connectivity index (χ3v) is 1.29. The molecule has 0 spiro atoms. The number of carbonyl (C=O) groups excluding carboxylic acids is 1. The van der Waals surface area contributed by atoms with E-state index in [0.29, 0.717) is 0 Å². The van der Waals surface area contributed by atoms with Gasteiger partial charge in [0.15, 0.2) is 0 Å². The van der Waals surface area contributed by atoms with Crippen LogP contribution in [0.4, 0.5) is 0 Å². The monoisotopic (exact) mass is 154 g/mol. The molecule has 0 fully saturated rings. The summed E-state index contributed by atoms with van der Waals surface area (Å²) in [6.07, 6.45) is 6.14. The summed E-state index contributed by atoms with van der Waals surface area (Å²) in [5.74, 6) is 1.47. The first-order chi connectivity index (χ1) is 4.75. The van der Waals surface area contributed by atoms with E-state index in [9.17, 15) is 4.79 Å². The average Bonchev–Trinajstić information content (AvgIpc) is 2.34. The predicted octanol–water partition coefficient (Wildman–Crippen LogP) is 1.75. The van der Waals surface area contributed by atoms with Crippen molar-refractivity contribution in [2.75, 3.05) is 0 Å². The first-order valence-corrected chi connectivity index (χ1v) is 2.87. The van der Waals surface area contributed by atoms with Gasteiger partial charge in [0, 0.05) is 0 Å². The van der Waals surface area contributed by atoms with Crippen molar-refractivity contribution in [2.45, 2.75) is 0 Å². The third-order valence-electron chi connectivity index (χ3n) is 0.994. The first kappa shape index (κ1) is 6.91. The van der Waals surface area contributed by atoms with Crippen LogP contribution in [0.3, 0.4) is 0 Å². The molecule has 3 heteroatoms. The van der Waals surface area contributed by atoms with Gasteiger partial charge in [-0.05, 0) is 23.6 Å². The molecule has 1 rings (SSSR count). The number of carbonyl (C=O) groups is 1. The minimum Gasteiger partial charge on any atom is -0.452 e. The Morgan fingerprint density at radius 1 is 1.80 bits per heavy atom. The van der Waals surface area contributed by atoms with Gasteiger partial charge in [-0.15, -0.1) is 6.42 Å². The largest absolute Gasteiger partial charge is 0.452 e. The van der Waals surface area contributed by atoms with Crippen LogP contribution in [0.2, 0.25) is 5.22 Å². The molecule has 0 unspecified atom stereocenters. The van der Waals surface area contributed by atoms with Gasteiger partial charge in [-0.25, -0.2) is 0 Å². The molecular weight excluding hydrogens is 152 g/mol. The summed E-state index contributed by atoms with van der Waals surface area (Å²) in [7, 11) is 0. The Balaban J connectivity index is 3.08. The van der Waals surface area contributed by atoms with Crippen LogP contribution in [0, 0.1) is 12.3 Å². The lowest BCUT2D eigenvalue weighted by molar-refractivity contribution is 0.105. The molecule has 0 amide bonds. The molecular formula is C7H3ClO2. The zero-order chi connectivity index (χ0) is 7.56. The third kappa shape index (κ3) is 1.04. The highest BCUT2D eigenvalue weighted by molar-refractivity contribution is 6.33. The van der Waals surface area contributed by atoms with E-state index < -0.39 is 5.78 Å². The Morgan fingerprint density at radius 2 is 2.50 bits per heavy atom. The van der Waals surface area contributed by atoms with Gasteiger partial charge in [0.1, 0.15) is 0 Å². The molecule has 10 heavy (non-hydrogen) atoms. The van der Waals surface area contributed by atoms with E-state index in [4.69, 9.17) is 18.0 Å². The van der Waals surface area contributed by atoms with Crippen molar-refractivity contribution in [3.63, 3.8) is 0 Å². The number of rotatable bonds is 1. The van der Waals surface area contributed by atoms with Gasteiger partial charge < -0.3 is 4.42 Å². The molecule has 0 saturated carbocycles. The first-order valence-electron chi connectivity index (χ1n) is 2.49. The fraction of sp³-hybridized carbons (Fsp3) is 0. The van der Waals surface area contributed by atoms with Crippen LogP contribution < -0.4 is 0 Å². The molecule has 0 N–H and O–H groups in total. The zero-order valence-electron chi connectivity index (χ0n) is 4.93. The summed E-state index contributed by atoms with van der Waals surface area (Å²) in [4.78, 5) is 10.7. The van der Waals surface area contributed by atoms with Crippen molar-refractivity contribution < 1.29 is 9.21 Å². The number of furan rings is 1. The van der Waals surface area contributed by atoms with Crippen molar-refractivity contribution in [3.05, 3.63) is 23.1 Å². The molecule has 0 aliphatic rings. The second kappa shape index (κ2) is 2.59. The van der Waals surface area contributed by atoms with Gasteiger partial charge in [-0.1, -0.05) is 0 Å². The maximum absolute atomic E-state index is 10.7. The maximum atomic E-state index is 10.7. The lowest BCUT2D eigenvalue weighted by atomic mass is 10.2. The van der Waals surface area contributed by atoms with E-state index in [1.807, 2.05) is 5.92 Å². The molecule has 0 saturated heterocycles. The van der Waals surface area contributed by atoms with E-state index in [-0.39, 0.29) is 10.8 Å². The van der Waals surface area contributed by atoms with Gasteiger partial charge in [0.25, 0.3) is 0 Å². The lowest BCUT2D eigenvalue weighted by Crippen LogP contribution is -1.91. The Hall–Kier alpha value is -1.20.